The minimum Gasteiger partial charge on any atom is -0.480 e. The monoisotopic (exact) mass is 572 g/mol. The predicted molar refractivity (Wildman–Crippen MR) is 151 cm³/mol. The van der Waals surface area contributed by atoms with Gasteiger partial charge >= 0.3 is 17.6 Å². The Labute approximate surface area is 233 Å². The number of carbonyl (C=O) groups excluding carboxylic acids is 1. The Morgan fingerprint density at radius 1 is 1.05 bits per heavy atom. The van der Waals surface area contributed by atoms with Crippen molar-refractivity contribution in [3.05, 3.63) is 76.6 Å². The molecule has 1 aliphatic rings. The first-order chi connectivity index (χ1) is 19.1. The molecule has 0 aliphatic carbocycles. The second-order valence-electron chi connectivity index (χ2n) is 9.71. The summed E-state index contributed by atoms with van der Waals surface area (Å²) in [6.07, 6.45) is 4.51. The fourth-order valence-corrected chi connectivity index (χ4v) is 5.76. The number of carboxylic acid groups (broad SMARTS) is 1. The number of primary amides is 1. The lowest BCUT2D eigenvalue weighted by molar-refractivity contribution is -0.139. The maximum Gasteiger partial charge on any atom is 0.336 e. The fraction of sp³-hybridized carbons (Fsp3) is 0.393. The zero-order chi connectivity index (χ0) is 29.1. The summed E-state index contributed by atoms with van der Waals surface area (Å²) in [5.41, 5.74) is 11.7. The van der Waals surface area contributed by atoms with Crippen LogP contribution in [0.15, 0.2) is 74.8 Å². The molecular formula is C28H36N4O7S. The number of nitrogens with one attached hydrogen (secondary N) is 1. The first kappa shape index (κ1) is 30.8. The van der Waals surface area contributed by atoms with Gasteiger partial charge in [0.2, 0.25) is 10.0 Å². The standard InChI is InChI=1S/C15H18N2O6S.C13H18N2O/c16-8-2-1-3-12(15(19)20)17-24(21,22)11-5-6-13-10(9-11)4-7-14(18)23-13;14-13(16)15-8-6-12(7-9-15)10-11-4-2-1-3-5-11/h4-7,9,12,17H,1-3,8,16H2,(H,19,20);1-5,12H,6-10H2,(H2,14,16)/t12-;/m0./s1. The average Bonchev–Trinajstić information content (AvgIpc) is 2.93. The van der Waals surface area contributed by atoms with Crippen LogP contribution >= 0.6 is 0 Å². The Kier molecular flexibility index (Phi) is 11.2. The van der Waals surface area contributed by atoms with Crippen molar-refractivity contribution in [3.8, 4) is 0 Å². The highest BCUT2D eigenvalue weighted by Crippen LogP contribution is 2.21. The van der Waals surface area contributed by atoms with E-state index in [-0.39, 0.29) is 22.9 Å². The molecule has 3 aromatic rings. The second kappa shape index (κ2) is 14.6. The Morgan fingerprint density at radius 2 is 1.75 bits per heavy atom. The number of aliphatic carboxylic acids is 1. The molecule has 12 heteroatoms. The van der Waals surface area contributed by atoms with E-state index < -0.39 is 27.7 Å². The van der Waals surface area contributed by atoms with Crippen molar-refractivity contribution >= 4 is 33.0 Å². The van der Waals surface area contributed by atoms with E-state index in [1.807, 2.05) is 6.07 Å². The van der Waals surface area contributed by atoms with Crippen LogP contribution in [0.4, 0.5) is 4.79 Å². The van der Waals surface area contributed by atoms with Crippen molar-refractivity contribution in [1.29, 1.82) is 0 Å². The van der Waals surface area contributed by atoms with Crippen molar-refractivity contribution in [1.82, 2.24) is 9.62 Å². The molecule has 0 radical (unpaired) electrons. The molecule has 1 fully saturated rings. The van der Waals surface area contributed by atoms with Crippen molar-refractivity contribution in [2.45, 2.75) is 49.5 Å². The molecule has 1 aromatic heterocycles. The Morgan fingerprint density at radius 3 is 2.38 bits per heavy atom. The Bertz CT molecular complexity index is 1440. The van der Waals surface area contributed by atoms with Gasteiger partial charge in [-0.3, -0.25) is 4.79 Å². The lowest BCUT2D eigenvalue weighted by atomic mass is 9.90. The van der Waals surface area contributed by atoms with Crippen LogP contribution in [0.3, 0.4) is 0 Å². The fourth-order valence-electron chi connectivity index (χ4n) is 4.50. The number of nitrogens with zero attached hydrogens (tertiary/aromatic N) is 1. The zero-order valence-electron chi connectivity index (χ0n) is 22.2. The van der Waals surface area contributed by atoms with E-state index in [0.29, 0.717) is 30.7 Å². The first-order valence-corrected chi connectivity index (χ1v) is 14.6. The number of nitrogens with two attached hydrogens (primary N) is 2. The first-order valence-electron chi connectivity index (χ1n) is 13.2. The minimum absolute atomic E-state index is 0.103. The highest BCUT2D eigenvalue weighted by Gasteiger charge is 2.25. The topological polar surface area (TPSA) is 186 Å². The van der Waals surface area contributed by atoms with Gasteiger partial charge in [-0.25, -0.2) is 18.0 Å². The third kappa shape index (κ3) is 9.18. The highest BCUT2D eigenvalue weighted by molar-refractivity contribution is 7.89. The van der Waals surface area contributed by atoms with Gasteiger partial charge in [-0.1, -0.05) is 36.8 Å². The molecule has 1 aliphatic heterocycles. The lowest BCUT2D eigenvalue weighted by Crippen LogP contribution is -2.41. The number of unbranched alkanes of at least 4 members (excludes halogenated alkanes) is 1. The van der Waals surface area contributed by atoms with Gasteiger partial charge in [-0.15, -0.1) is 0 Å². The van der Waals surface area contributed by atoms with Gasteiger partial charge < -0.3 is 25.9 Å². The van der Waals surface area contributed by atoms with Crippen LogP contribution in [0.25, 0.3) is 11.0 Å². The molecule has 1 saturated heterocycles. The van der Waals surface area contributed by atoms with Gasteiger partial charge in [0.05, 0.1) is 4.90 Å². The van der Waals surface area contributed by atoms with Crippen molar-refractivity contribution < 1.29 is 27.5 Å². The average molecular weight is 573 g/mol. The number of sulfonamides is 1. The lowest BCUT2D eigenvalue weighted by Gasteiger charge is -2.30. The van der Waals surface area contributed by atoms with Gasteiger partial charge in [0.15, 0.2) is 0 Å². The van der Waals surface area contributed by atoms with Crippen molar-refractivity contribution in [2.24, 2.45) is 17.4 Å². The summed E-state index contributed by atoms with van der Waals surface area (Å²) in [7, 11) is -4.03. The number of rotatable bonds is 10. The molecule has 4 rings (SSSR count). The van der Waals surface area contributed by atoms with E-state index in [0.717, 1.165) is 32.4 Å². The molecule has 0 spiro atoms. The summed E-state index contributed by atoms with van der Waals surface area (Å²) in [6.45, 7) is 2.04. The normalized spacial score (nSPS) is 14.8. The SMILES string of the molecule is NC(=O)N1CCC(Cc2ccccc2)CC1.NCCCC[C@H](NS(=O)(=O)c1ccc2oc(=O)ccc2c1)C(=O)O. The maximum absolute atomic E-state index is 12.4. The maximum atomic E-state index is 12.4. The summed E-state index contributed by atoms with van der Waals surface area (Å²) < 4.78 is 31.9. The molecule has 40 heavy (non-hydrogen) atoms. The number of hydrogen-bond donors (Lipinski definition) is 4. The molecule has 216 valence electrons. The smallest absolute Gasteiger partial charge is 0.336 e. The number of likely N-dealkylation sites (tertiary alicyclic amines) is 1. The number of fused-ring (bicyclic) bond motifs is 1. The Balaban J connectivity index is 0.000000238. The van der Waals surface area contributed by atoms with Crippen LogP contribution < -0.4 is 21.8 Å². The molecule has 6 N–H and O–H groups in total. The number of amides is 2. The van der Waals surface area contributed by atoms with Crippen LogP contribution in [-0.2, 0) is 21.2 Å². The molecular weight excluding hydrogens is 536 g/mol. The number of urea groups is 1. The van der Waals surface area contributed by atoms with Crippen LogP contribution in [0.1, 0.15) is 37.7 Å². The molecule has 0 saturated carbocycles. The third-order valence-electron chi connectivity index (χ3n) is 6.74. The predicted octanol–water partition coefficient (Wildman–Crippen LogP) is 2.67. The molecule has 1 atom stereocenters. The van der Waals surface area contributed by atoms with Gasteiger partial charge in [-0.05, 0) is 74.4 Å². The van der Waals surface area contributed by atoms with E-state index in [2.05, 4.69) is 29.0 Å². The molecule has 2 amide bonds. The summed E-state index contributed by atoms with van der Waals surface area (Å²) in [5.74, 6) is -0.555. The summed E-state index contributed by atoms with van der Waals surface area (Å²) in [4.78, 5) is 35.0. The number of carbonyl (C=O) groups is 2. The number of piperidine rings is 1. The van der Waals surface area contributed by atoms with Crippen LogP contribution in [0, 0.1) is 5.92 Å². The molecule has 0 unspecified atom stereocenters. The van der Waals surface area contributed by atoms with E-state index in [4.69, 9.17) is 15.9 Å². The van der Waals surface area contributed by atoms with Crippen LogP contribution in [0.2, 0.25) is 0 Å². The van der Waals surface area contributed by atoms with Crippen molar-refractivity contribution in [2.75, 3.05) is 19.6 Å². The summed E-state index contributed by atoms with van der Waals surface area (Å²) in [6, 6.07) is 15.6. The van der Waals surface area contributed by atoms with Gasteiger partial charge in [0.25, 0.3) is 0 Å². The van der Waals surface area contributed by atoms with Crippen LogP contribution in [-0.4, -0.2) is 56.1 Å². The van der Waals surface area contributed by atoms with Gasteiger partial charge in [0, 0.05) is 24.5 Å². The second-order valence-corrected chi connectivity index (χ2v) is 11.4. The third-order valence-corrected chi connectivity index (χ3v) is 8.21. The van der Waals surface area contributed by atoms with E-state index in [1.165, 1.54) is 35.9 Å². The molecule has 2 heterocycles. The number of benzene rings is 2. The summed E-state index contributed by atoms with van der Waals surface area (Å²) in [5, 5.41) is 9.60. The van der Waals surface area contributed by atoms with Gasteiger partial charge in [0.1, 0.15) is 11.6 Å². The minimum atomic E-state index is -4.03. The van der Waals surface area contributed by atoms with E-state index in [1.54, 1.807) is 4.90 Å². The Hall–Kier alpha value is -3.74. The molecule has 0 bridgehead atoms. The largest absolute Gasteiger partial charge is 0.480 e. The summed E-state index contributed by atoms with van der Waals surface area (Å²) >= 11 is 0. The van der Waals surface area contributed by atoms with Crippen molar-refractivity contribution in [3.63, 3.8) is 0 Å². The number of hydrogen-bond acceptors (Lipinski definition) is 7. The zero-order valence-corrected chi connectivity index (χ0v) is 23.0. The number of carboxylic acids is 1. The van der Waals surface area contributed by atoms with E-state index in [9.17, 15) is 27.9 Å². The van der Waals surface area contributed by atoms with Crippen LogP contribution in [0.5, 0.6) is 0 Å². The van der Waals surface area contributed by atoms with Gasteiger partial charge in [-0.2, -0.15) is 4.72 Å². The quantitative estimate of drug-likeness (QED) is 0.211. The highest BCUT2D eigenvalue weighted by atomic mass is 32.2. The van der Waals surface area contributed by atoms with E-state index >= 15 is 0 Å². The molecule has 2 aromatic carbocycles. The molecule has 11 nitrogen and oxygen atoms in total.